The Bertz CT molecular complexity index is 1230. The zero-order valence-electron chi connectivity index (χ0n) is 17.8. The van der Waals surface area contributed by atoms with E-state index in [4.69, 9.17) is 9.15 Å². The van der Waals surface area contributed by atoms with Crippen molar-refractivity contribution >= 4 is 45.1 Å². The van der Waals surface area contributed by atoms with Crippen LogP contribution in [0.1, 0.15) is 0 Å². The van der Waals surface area contributed by atoms with Crippen molar-refractivity contribution in [2.45, 2.75) is 15.0 Å². The number of benzene rings is 2. The summed E-state index contributed by atoms with van der Waals surface area (Å²) in [5, 5.41) is 11.0. The number of rotatable bonds is 8. The molecule has 12 heteroatoms. The molecule has 0 radical (unpaired) electrons. The summed E-state index contributed by atoms with van der Waals surface area (Å²) in [4.78, 5) is 13.5. The van der Waals surface area contributed by atoms with Gasteiger partial charge in [0.15, 0.2) is 0 Å². The molecule has 0 atom stereocenters. The van der Waals surface area contributed by atoms with Gasteiger partial charge in [0.2, 0.25) is 21.8 Å². The second-order valence-corrected chi connectivity index (χ2v) is 10.7. The molecule has 1 N–H and O–H groups in total. The average Bonchev–Trinajstić information content (AvgIpc) is 3.33. The van der Waals surface area contributed by atoms with E-state index in [1.165, 1.54) is 16.4 Å². The predicted octanol–water partition coefficient (Wildman–Crippen LogP) is 3.21. The Kier molecular flexibility index (Phi) is 7.71. The fourth-order valence-electron chi connectivity index (χ4n) is 3.14. The summed E-state index contributed by atoms with van der Waals surface area (Å²) in [7, 11) is -3.64. The molecule has 1 aliphatic heterocycles. The molecule has 9 nitrogen and oxygen atoms in total. The predicted molar refractivity (Wildman–Crippen MR) is 127 cm³/mol. The number of nitrogens with one attached hydrogen (secondary N) is 1. The number of hydrogen-bond donors (Lipinski definition) is 1. The number of morpholine rings is 1. The smallest absolute Gasteiger partial charge is 0.277 e. The van der Waals surface area contributed by atoms with Gasteiger partial charge >= 0.3 is 0 Å². The van der Waals surface area contributed by atoms with Gasteiger partial charge in [-0.15, -0.1) is 22.0 Å². The summed E-state index contributed by atoms with van der Waals surface area (Å²) >= 11 is 2.70. The summed E-state index contributed by atoms with van der Waals surface area (Å²) in [5.74, 6) is 0.0811. The monoisotopic (exact) mass is 506 g/mol. The average molecular weight is 507 g/mol. The normalized spacial score (nSPS) is 14.8. The molecule has 1 aromatic heterocycles. The Morgan fingerprint density at radius 2 is 1.91 bits per heavy atom. The van der Waals surface area contributed by atoms with E-state index in [2.05, 4.69) is 15.5 Å². The maximum atomic E-state index is 12.9. The van der Waals surface area contributed by atoms with E-state index in [-0.39, 0.29) is 27.7 Å². The van der Waals surface area contributed by atoms with Crippen LogP contribution >= 0.6 is 23.5 Å². The highest BCUT2D eigenvalue weighted by Crippen LogP contribution is 2.27. The minimum Gasteiger partial charge on any atom is -0.411 e. The largest absolute Gasteiger partial charge is 0.411 e. The zero-order chi connectivity index (χ0) is 23.3. The van der Waals surface area contributed by atoms with Crippen LogP contribution in [0, 0.1) is 0 Å². The number of amides is 1. The van der Waals surface area contributed by atoms with Crippen LogP contribution in [-0.2, 0) is 19.6 Å². The highest BCUT2D eigenvalue weighted by Gasteiger charge is 2.27. The Hall–Kier alpha value is -2.38. The number of thioether (sulfide) groups is 2. The first kappa shape index (κ1) is 23.8. The van der Waals surface area contributed by atoms with Crippen molar-refractivity contribution in [3.05, 3.63) is 48.5 Å². The fourth-order valence-corrected chi connectivity index (χ4v) is 5.61. The van der Waals surface area contributed by atoms with E-state index >= 15 is 0 Å². The molecular formula is C21H22N4O5S3. The van der Waals surface area contributed by atoms with Gasteiger partial charge in [-0.3, -0.25) is 4.79 Å². The number of nitrogens with zero attached hydrogens (tertiary/aromatic N) is 3. The lowest BCUT2D eigenvalue weighted by Gasteiger charge is -2.26. The van der Waals surface area contributed by atoms with Crippen molar-refractivity contribution in [3.63, 3.8) is 0 Å². The van der Waals surface area contributed by atoms with Crippen molar-refractivity contribution < 1.29 is 22.4 Å². The quantitative estimate of drug-likeness (QED) is 0.460. The molecule has 1 fully saturated rings. The van der Waals surface area contributed by atoms with E-state index in [0.29, 0.717) is 31.9 Å². The minimum atomic E-state index is -3.64. The van der Waals surface area contributed by atoms with Crippen LogP contribution in [0.2, 0.25) is 0 Å². The topological polar surface area (TPSA) is 115 Å². The lowest BCUT2D eigenvalue weighted by Crippen LogP contribution is -2.40. The highest BCUT2D eigenvalue weighted by atomic mass is 32.2. The van der Waals surface area contributed by atoms with Crippen LogP contribution in [0.25, 0.3) is 11.5 Å². The van der Waals surface area contributed by atoms with Crippen LogP contribution in [0.5, 0.6) is 0 Å². The van der Waals surface area contributed by atoms with Crippen LogP contribution in [-0.4, -0.2) is 67.1 Å². The molecule has 3 aromatic rings. The third-order valence-corrected chi connectivity index (χ3v) is 8.21. The third kappa shape index (κ3) is 5.95. The van der Waals surface area contributed by atoms with Crippen molar-refractivity contribution in [2.24, 2.45) is 0 Å². The first-order valence-corrected chi connectivity index (χ1v) is 13.7. The number of sulfonamides is 1. The van der Waals surface area contributed by atoms with E-state index in [9.17, 15) is 13.2 Å². The fraction of sp³-hybridized carbons (Fsp3) is 0.286. The SMILES string of the molecule is CSc1cccc(NC(=O)CSc2nnc(-c3cccc(S(=O)(=O)N4CCOCC4)c3)o2)c1. The Morgan fingerprint density at radius 3 is 2.70 bits per heavy atom. The second kappa shape index (κ2) is 10.7. The summed E-state index contributed by atoms with van der Waals surface area (Å²) in [6, 6.07) is 14.0. The van der Waals surface area contributed by atoms with Gasteiger partial charge in [0, 0.05) is 29.2 Å². The van der Waals surface area contributed by atoms with Gasteiger partial charge in [0.1, 0.15) is 0 Å². The molecule has 4 rings (SSSR count). The van der Waals surface area contributed by atoms with Crippen LogP contribution in [0.4, 0.5) is 5.69 Å². The van der Waals surface area contributed by atoms with Crippen molar-refractivity contribution in [2.75, 3.05) is 43.6 Å². The molecule has 0 unspecified atom stereocenters. The minimum absolute atomic E-state index is 0.0938. The Morgan fingerprint density at radius 1 is 1.12 bits per heavy atom. The van der Waals surface area contributed by atoms with Crippen molar-refractivity contribution in [1.29, 1.82) is 0 Å². The number of carbonyl (C=O) groups is 1. The Balaban J connectivity index is 1.40. The first-order chi connectivity index (χ1) is 16.0. The van der Waals surface area contributed by atoms with Gasteiger partial charge in [-0.25, -0.2) is 8.42 Å². The van der Waals surface area contributed by atoms with Gasteiger partial charge in [-0.2, -0.15) is 4.31 Å². The summed E-state index contributed by atoms with van der Waals surface area (Å²) in [6.07, 6.45) is 1.97. The molecule has 1 amide bonds. The maximum absolute atomic E-state index is 12.9. The van der Waals surface area contributed by atoms with Crippen LogP contribution in [0.15, 0.2) is 68.0 Å². The maximum Gasteiger partial charge on any atom is 0.277 e. The van der Waals surface area contributed by atoms with Gasteiger partial charge < -0.3 is 14.5 Å². The summed E-state index contributed by atoms with van der Waals surface area (Å²) < 4.78 is 38.1. The van der Waals surface area contributed by atoms with E-state index in [1.807, 2.05) is 30.5 Å². The van der Waals surface area contributed by atoms with E-state index < -0.39 is 10.0 Å². The van der Waals surface area contributed by atoms with Crippen LogP contribution < -0.4 is 5.32 Å². The number of hydrogen-bond acceptors (Lipinski definition) is 9. The van der Waals surface area contributed by atoms with E-state index in [1.54, 1.807) is 23.9 Å². The number of anilines is 1. The third-order valence-electron chi connectivity index (χ3n) is 4.78. The van der Waals surface area contributed by atoms with Gasteiger partial charge in [-0.1, -0.05) is 23.9 Å². The number of carbonyl (C=O) groups excluding carboxylic acids is 1. The highest BCUT2D eigenvalue weighted by molar-refractivity contribution is 7.99. The molecular weight excluding hydrogens is 484 g/mol. The lowest BCUT2D eigenvalue weighted by atomic mass is 10.2. The van der Waals surface area contributed by atoms with Crippen molar-refractivity contribution in [1.82, 2.24) is 14.5 Å². The number of aromatic nitrogens is 2. The molecule has 0 saturated carbocycles. The first-order valence-electron chi connectivity index (χ1n) is 10.0. The van der Waals surface area contributed by atoms with Gasteiger partial charge in [0.05, 0.1) is 23.9 Å². The molecule has 174 valence electrons. The lowest BCUT2D eigenvalue weighted by molar-refractivity contribution is -0.113. The standard InChI is InChI=1S/C21H22N4O5S3/c1-31-17-6-3-5-16(13-17)22-19(26)14-32-21-24-23-20(30-21)15-4-2-7-18(12-15)33(27,28)25-8-10-29-11-9-25/h2-7,12-13H,8-11,14H2,1H3,(H,22,26). The molecule has 1 saturated heterocycles. The zero-order valence-corrected chi connectivity index (χ0v) is 20.2. The second-order valence-electron chi connectivity index (χ2n) is 6.99. The molecule has 0 aliphatic carbocycles. The Labute approximate surface area is 200 Å². The molecule has 1 aliphatic rings. The van der Waals surface area contributed by atoms with Gasteiger partial charge in [0.25, 0.3) is 5.22 Å². The molecule has 33 heavy (non-hydrogen) atoms. The number of ether oxygens (including phenoxy) is 1. The summed E-state index contributed by atoms with van der Waals surface area (Å²) in [6.45, 7) is 1.38. The molecule has 2 aromatic carbocycles. The molecule has 0 bridgehead atoms. The molecule has 2 heterocycles. The van der Waals surface area contributed by atoms with Crippen molar-refractivity contribution in [3.8, 4) is 11.5 Å². The van der Waals surface area contributed by atoms with E-state index in [0.717, 1.165) is 22.3 Å². The summed E-state index contributed by atoms with van der Waals surface area (Å²) in [5.41, 5.74) is 1.21. The molecule has 0 spiro atoms. The van der Waals surface area contributed by atoms with Crippen LogP contribution in [0.3, 0.4) is 0 Å². The van der Waals surface area contributed by atoms with Gasteiger partial charge in [-0.05, 0) is 42.7 Å².